The summed E-state index contributed by atoms with van der Waals surface area (Å²) in [5.41, 5.74) is 2.43. The highest BCUT2D eigenvalue weighted by Gasteiger charge is 2.03. The van der Waals surface area contributed by atoms with Crippen LogP contribution >= 0.6 is 0 Å². The summed E-state index contributed by atoms with van der Waals surface area (Å²) in [6.07, 6.45) is 0. The van der Waals surface area contributed by atoms with Gasteiger partial charge in [-0.25, -0.2) is 8.78 Å². The van der Waals surface area contributed by atoms with E-state index in [0.717, 1.165) is 16.7 Å². The summed E-state index contributed by atoms with van der Waals surface area (Å²) in [4.78, 5) is 0. The fraction of sp³-hybridized carbons (Fsp3) is 0.0769. The molecule has 0 nitrogen and oxygen atoms in total. The van der Waals surface area contributed by atoms with Crippen molar-refractivity contribution in [3.05, 3.63) is 59.7 Å². The van der Waals surface area contributed by atoms with Gasteiger partial charge in [0.05, 0.1) is 0 Å². The van der Waals surface area contributed by atoms with Crippen LogP contribution in [0.1, 0.15) is 5.56 Å². The molecule has 2 aromatic carbocycles. The highest BCUT2D eigenvalue weighted by atomic mass is 19.1. The molecule has 0 saturated heterocycles. The van der Waals surface area contributed by atoms with Crippen LogP contribution in [-0.4, -0.2) is 0 Å². The fourth-order valence-electron chi connectivity index (χ4n) is 1.61. The normalized spacial score (nSPS) is 10.3. The highest BCUT2D eigenvalue weighted by Crippen LogP contribution is 2.24. The summed E-state index contributed by atoms with van der Waals surface area (Å²) in [5.74, 6) is -0.552. The third-order valence-corrected chi connectivity index (χ3v) is 2.32. The highest BCUT2D eigenvalue weighted by molar-refractivity contribution is 5.66. The molecule has 0 aliphatic heterocycles. The number of benzene rings is 2. The quantitative estimate of drug-likeness (QED) is 0.660. The van der Waals surface area contributed by atoms with Gasteiger partial charge in [0, 0.05) is 0 Å². The molecule has 0 atom stereocenters. The molecule has 2 heteroatoms. The standard InChI is InChI=1S/C13H10F2/c1-9-7-12(15)5-6-13(9)10-3-2-4-11(14)8-10/h2-8H,1H3. The summed E-state index contributed by atoms with van der Waals surface area (Å²) in [6.45, 7) is 1.81. The van der Waals surface area contributed by atoms with E-state index >= 15 is 0 Å². The number of hydrogen-bond acceptors (Lipinski definition) is 0. The predicted octanol–water partition coefficient (Wildman–Crippen LogP) is 3.94. The maximum absolute atomic E-state index is 13.0. The van der Waals surface area contributed by atoms with Crippen LogP contribution in [0.5, 0.6) is 0 Å². The van der Waals surface area contributed by atoms with Crippen LogP contribution in [0.4, 0.5) is 8.78 Å². The minimum atomic E-state index is -0.281. The van der Waals surface area contributed by atoms with Gasteiger partial charge in [0.25, 0.3) is 0 Å². The molecule has 2 aromatic rings. The molecule has 0 spiro atoms. The Kier molecular flexibility index (Phi) is 2.50. The van der Waals surface area contributed by atoms with Crippen molar-refractivity contribution in [2.24, 2.45) is 0 Å². The van der Waals surface area contributed by atoms with E-state index in [-0.39, 0.29) is 11.6 Å². The van der Waals surface area contributed by atoms with Crippen molar-refractivity contribution in [2.45, 2.75) is 6.92 Å². The topological polar surface area (TPSA) is 0 Å². The van der Waals surface area contributed by atoms with Crippen molar-refractivity contribution in [3.8, 4) is 11.1 Å². The van der Waals surface area contributed by atoms with Crippen LogP contribution in [0.3, 0.4) is 0 Å². The molecule has 0 amide bonds. The zero-order valence-corrected chi connectivity index (χ0v) is 8.30. The van der Waals surface area contributed by atoms with Gasteiger partial charge in [-0.05, 0) is 47.9 Å². The summed E-state index contributed by atoms with van der Waals surface area (Å²) >= 11 is 0. The Morgan fingerprint density at radius 3 is 2.27 bits per heavy atom. The number of rotatable bonds is 1. The van der Waals surface area contributed by atoms with Crippen LogP contribution in [0.15, 0.2) is 42.5 Å². The lowest BCUT2D eigenvalue weighted by molar-refractivity contribution is 0.626. The Hall–Kier alpha value is -1.70. The van der Waals surface area contributed by atoms with E-state index in [1.807, 2.05) is 13.0 Å². The second-order valence-corrected chi connectivity index (χ2v) is 3.47. The minimum Gasteiger partial charge on any atom is -0.207 e. The lowest BCUT2D eigenvalue weighted by Gasteiger charge is -2.05. The van der Waals surface area contributed by atoms with Gasteiger partial charge in [0.15, 0.2) is 0 Å². The summed E-state index contributed by atoms with van der Waals surface area (Å²) in [5, 5.41) is 0. The van der Waals surface area contributed by atoms with E-state index in [9.17, 15) is 8.78 Å². The van der Waals surface area contributed by atoms with Gasteiger partial charge in [-0.3, -0.25) is 0 Å². The van der Waals surface area contributed by atoms with Crippen LogP contribution in [0.2, 0.25) is 0 Å². The Morgan fingerprint density at radius 1 is 0.867 bits per heavy atom. The van der Waals surface area contributed by atoms with Gasteiger partial charge in [0.2, 0.25) is 0 Å². The van der Waals surface area contributed by atoms with Crippen LogP contribution < -0.4 is 0 Å². The molecular formula is C13H10F2. The van der Waals surface area contributed by atoms with Gasteiger partial charge < -0.3 is 0 Å². The Balaban J connectivity index is 2.54. The minimum absolute atomic E-state index is 0.271. The summed E-state index contributed by atoms with van der Waals surface area (Å²) in [6, 6.07) is 10.8. The van der Waals surface area contributed by atoms with Crippen molar-refractivity contribution in [1.29, 1.82) is 0 Å². The van der Waals surface area contributed by atoms with Gasteiger partial charge in [0.1, 0.15) is 11.6 Å². The van der Waals surface area contributed by atoms with Gasteiger partial charge in [-0.15, -0.1) is 0 Å². The van der Waals surface area contributed by atoms with Crippen molar-refractivity contribution in [1.82, 2.24) is 0 Å². The molecule has 0 aliphatic rings. The first-order valence-corrected chi connectivity index (χ1v) is 4.69. The second-order valence-electron chi connectivity index (χ2n) is 3.47. The smallest absolute Gasteiger partial charge is 0.123 e. The molecule has 0 aromatic heterocycles. The number of halogens is 2. The Bertz CT molecular complexity index is 490. The van der Waals surface area contributed by atoms with Crippen molar-refractivity contribution in [3.63, 3.8) is 0 Å². The molecule has 76 valence electrons. The lowest BCUT2D eigenvalue weighted by Crippen LogP contribution is -1.85. The molecule has 0 radical (unpaired) electrons. The van der Waals surface area contributed by atoms with Crippen LogP contribution in [-0.2, 0) is 0 Å². The Morgan fingerprint density at radius 2 is 1.60 bits per heavy atom. The lowest BCUT2D eigenvalue weighted by atomic mass is 10.0. The van der Waals surface area contributed by atoms with E-state index in [1.165, 1.54) is 24.3 Å². The van der Waals surface area contributed by atoms with E-state index in [0.29, 0.717) is 0 Å². The first kappa shape index (κ1) is 9.84. The Labute approximate surface area is 87.2 Å². The average molecular weight is 204 g/mol. The first-order valence-electron chi connectivity index (χ1n) is 4.69. The largest absolute Gasteiger partial charge is 0.207 e. The van der Waals surface area contributed by atoms with Crippen LogP contribution in [0, 0.1) is 18.6 Å². The molecule has 0 saturated carbocycles. The fourth-order valence-corrected chi connectivity index (χ4v) is 1.61. The maximum Gasteiger partial charge on any atom is 0.123 e. The van der Waals surface area contributed by atoms with Gasteiger partial charge >= 0.3 is 0 Å². The second kappa shape index (κ2) is 3.81. The van der Waals surface area contributed by atoms with Crippen molar-refractivity contribution >= 4 is 0 Å². The summed E-state index contributed by atoms with van der Waals surface area (Å²) in [7, 11) is 0. The maximum atomic E-state index is 13.0. The molecule has 0 aliphatic carbocycles. The SMILES string of the molecule is Cc1cc(F)ccc1-c1cccc(F)c1. The van der Waals surface area contributed by atoms with Gasteiger partial charge in [-0.2, -0.15) is 0 Å². The predicted molar refractivity (Wildman–Crippen MR) is 56.5 cm³/mol. The zero-order valence-electron chi connectivity index (χ0n) is 8.30. The molecule has 0 fully saturated rings. The zero-order chi connectivity index (χ0) is 10.8. The van der Waals surface area contributed by atoms with E-state index in [1.54, 1.807) is 12.1 Å². The first-order chi connectivity index (χ1) is 7.16. The van der Waals surface area contributed by atoms with Gasteiger partial charge in [-0.1, -0.05) is 18.2 Å². The monoisotopic (exact) mass is 204 g/mol. The molecule has 0 heterocycles. The van der Waals surface area contributed by atoms with E-state index in [4.69, 9.17) is 0 Å². The summed E-state index contributed by atoms with van der Waals surface area (Å²) < 4.78 is 25.9. The van der Waals surface area contributed by atoms with Crippen molar-refractivity contribution in [2.75, 3.05) is 0 Å². The molecule has 15 heavy (non-hydrogen) atoms. The molecule has 0 N–H and O–H groups in total. The van der Waals surface area contributed by atoms with E-state index in [2.05, 4.69) is 0 Å². The number of hydrogen-bond donors (Lipinski definition) is 0. The third kappa shape index (κ3) is 2.04. The molecular weight excluding hydrogens is 194 g/mol. The van der Waals surface area contributed by atoms with E-state index < -0.39 is 0 Å². The van der Waals surface area contributed by atoms with Crippen LogP contribution in [0.25, 0.3) is 11.1 Å². The van der Waals surface area contributed by atoms with Crippen molar-refractivity contribution < 1.29 is 8.78 Å². The number of aryl methyl sites for hydroxylation is 1. The molecule has 0 bridgehead atoms. The third-order valence-electron chi connectivity index (χ3n) is 2.32. The molecule has 0 unspecified atom stereocenters. The molecule has 2 rings (SSSR count). The average Bonchev–Trinajstić information content (AvgIpc) is 2.17.